The number of nitrogens with one attached hydrogen (secondary N) is 1. The number of aliphatic imine (C=N–C) groups is 1. The summed E-state index contributed by atoms with van der Waals surface area (Å²) in [5.74, 6) is -2.03. The molecule has 0 atom stereocenters. The van der Waals surface area contributed by atoms with Gasteiger partial charge in [0.2, 0.25) is 5.91 Å². The molecule has 1 amide bonds. The first-order valence-corrected chi connectivity index (χ1v) is 5.09. The van der Waals surface area contributed by atoms with Crippen molar-refractivity contribution in [2.45, 2.75) is 20.3 Å². The van der Waals surface area contributed by atoms with E-state index < -0.39 is 24.4 Å². The maximum atomic E-state index is 11.1. The smallest absolute Gasteiger partial charge is 0.322 e. The van der Waals surface area contributed by atoms with Crippen LogP contribution in [-0.4, -0.2) is 48.4 Å². The van der Waals surface area contributed by atoms with Gasteiger partial charge in [0, 0.05) is 5.71 Å². The summed E-state index contributed by atoms with van der Waals surface area (Å²) in [5.41, 5.74) is 0.467. The lowest BCUT2D eigenvalue weighted by molar-refractivity contribution is -0.141. The molecule has 0 heterocycles. The number of aliphatic carboxylic acids is 1. The molecule has 7 heteroatoms. The van der Waals surface area contributed by atoms with E-state index in [4.69, 9.17) is 9.84 Å². The molecule has 0 radical (unpaired) electrons. The molecule has 0 aromatic heterocycles. The predicted octanol–water partition coefficient (Wildman–Crippen LogP) is -0.399. The van der Waals surface area contributed by atoms with Crippen LogP contribution in [0.1, 0.15) is 20.3 Å². The molecule has 7 nitrogen and oxygen atoms in total. The molecule has 0 aromatic carbocycles. The predicted molar refractivity (Wildman–Crippen MR) is 59.9 cm³/mol. The second kappa shape index (κ2) is 8.26. The van der Waals surface area contributed by atoms with E-state index in [1.54, 1.807) is 13.8 Å². The molecule has 0 aliphatic heterocycles. The number of hydrogen-bond donors (Lipinski definition) is 2. The summed E-state index contributed by atoms with van der Waals surface area (Å²) in [5, 5.41) is 10.5. The third-order valence-electron chi connectivity index (χ3n) is 1.63. The van der Waals surface area contributed by atoms with Gasteiger partial charge in [-0.15, -0.1) is 0 Å². The lowest BCUT2D eigenvalue weighted by Gasteiger charge is -2.02. The highest BCUT2D eigenvalue weighted by atomic mass is 16.5. The first kappa shape index (κ1) is 15.1. The van der Waals surface area contributed by atoms with Gasteiger partial charge in [0.1, 0.15) is 13.1 Å². The Balaban J connectivity index is 3.93. The lowest BCUT2D eigenvalue weighted by atomic mass is 10.3. The van der Waals surface area contributed by atoms with Crippen molar-refractivity contribution >= 4 is 23.6 Å². The Morgan fingerprint density at radius 1 is 1.35 bits per heavy atom. The monoisotopic (exact) mass is 244 g/mol. The molecule has 0 rings (SSSR count). The summed E-state index contributed by atoms with van der Waals surface area (Å²) in [4.78, 5) is 36.1. The lowest BCUT2D eigenvalue weighted by Crippen LogP contribution is -2.31. The van der Waals surface area contributed by atoms with E-state index in [-0.39, 0.29) is 13.0 Å². The molecule has 0 saturated heterocycles. The van der Waals surface area contributed by atoms with E-state index in [9.17, 15) is 14.4 Å². The minimum Gasteiger partial charge on any atom is -0.480 e. The SMILES string of the molecule is CCOC(=O)CC(C)=NCC(=O)NCC(=O)O. The summed E-state index contributed by atoms with van der Waals surface area (Å²) >= 11 is 0. The van der Waals surface area contributed by atoms with E-state index in [2.05, 4.69) is 10.3 Å². The molecule has 0 saturated carbocycles. The third kappa shape index (κ3) is 9.04. The molecule has 96 valence electrons. The van der Waals surface area contributed by atoms with Crippen LogP contribution in [0.2, 0.25) is 0 Å². The van der Waals surface area contributed by atoms with Crippen molar-refractivity contribution in [2.75, 3.05) is 19.7 Å². The van der Waals surface area contributed by atoms with Crippen LogP contribution in [-0.2, 0) is 19.1 Å². The Labute approximate surface area is 98.9 Å². The summed E-state index contributed by atoms with van der Waals surface area (Å²) in [6, 6.07) is 0. The standard InChI is InChI=1S/C10H16N2O5/c1-3-17-10(16)4-7(2)11-5-8(13)12-6-9(14)15/h3-6H2,1-2H3,(H,12,13)(H,14,15). The maximum absolute atomic E-state index is 11.1. The number of amides is 1. The second-order valence-corrected chi connectivity index (χ2v) is 3.20. The number of hydrogen-bond acceptors (Lipinski definition) is 5. The minimum absolute atomic E-state index is 0.0278. The van der Waals surface area contributed by atoms with Crippen LogP contribution in [0.5, 0.6) is 0 Å². The normalized spacial score (nSPS) is 10.8. The van der Waals surface area contributed by atoms with Gasteiger partial charge in [0.25, 0.3) is 0 Å². The number of esters is 1. The van der Waals surface area contributed by atoms with Crippen molar-refractivity contribution in [1.82, 2.24) is 5.32 Å². The molecule has 0 aromatic rings. The van der Waals surface area contributed by atoms with E-state index >= 15 is 0 Å². The van der Waals surface area contributed by atoms with E-state index in [0.29, 0.717) is 12.3 Å². The van der Waals surface area contributed by atoms with Crippen LogP contribution in [0.15, 0.2) is 4.99 Å². The van der Waals surface area contributed by atoms with E-state index in [0.717, 1.165) is 0 Å². The van der Waals surface area contributed by atoms with E-state index in [1.165, 1.54) is 0 Å². The van der Waals surface area contributed by atoms with Gasteiger partial charge in [-0.3, -0.25) is 19.4 Å². The Hall–Kier alpha value is -1.92. The highest BCUT2D eigenvalue weighted by Crippen LogP contribution is 1.91. The number of rotatable bonds is 7. The third-order valence-corrected chi connectivity index (χ3v) is 1.63. The highest BCUT2D eigenvalue weighted by Gasteiger charge is 2.06. The van der Waals surface area contributed by atoms with Gasteiger partial charge >= 0.3 is 11.9 Å². The van der Waals surface area contributed by atoms with Gasteiger partial charge in [-0.2, -0.15) is 0 Å². The fraction of sp³-hybridized carbons (Fsp3) is 0.600. The highest BCUT2D eigenvalue weighted by molar-refractivity contribution is 5.98. The Morgan fingerprint density at radius 2 is 2.00 bits per heavy atom. The average molecular weight is 244 g/mol. The van der Waals surface area contributed by atoms with Crippen LogP contribution in [0.4, 0.5) is 0 Å². The molecule has 0 aliphatic rings. The quantitative estimate of drug-likeness (QED) is 0.468. The largest absolute Gasteiger partial charge is 0.480 e. The van der Waals surface area contributed by atoms with Gasteiger partial charge in [0.05, 0.1) is 13.0 Å². The summed E-state index contributed by atoms with van der Waals surface area (Å²) < 4.78 is 4.70. The van der Waals surface area contributed by atoms with Crippen LogP contribution in [0, 0.1) is 0 Å². The van der Waals surface area contributed by atoms with Gasteiger partial charge in [0.15, 0.2) is 0 Å². The Kier molecular flexibility index (Phi) is 7.32. The molecule has 2 N–H and O–H groups in total. The number of carboxylic acids is 1. The fourth-order valence-electron chi connectivity index (χ4n) is 0.914. The number of nitrogens with zero attached hydrogens (tertiary/aromatic N) is 1. The van der Waals surface area contributed by atoms with Gasteiger partial charge in [-0.1, -0.05) is 0 Å². The van der Waals surface area contributed by atoms with Crippen molar-refractivity contribution in [3.63, 3.8) is 0 Å². The number of ether oxygens (including phenoxy) is 1. The summed E-state index contributed by atoms with van der Waals surface area (Å²) in [6.07, 6.45) is 0.0278. The van der Waals surface area contributed by atoms with Crippen molar-refractivity contribution in [3.05, 3.63) is 0 Å². The van der Waals surface area contributed by atoms with Crippen LogP contribution < -0.4 is 5.32 Å². The molecule has 0 bridgehead atoms. The number of carboxylic acid groups (broad SMARTS) is 1. The second-order valence-electron chi connectivity index (χ2n) is 3.20. The maximum Gasteiger partial charge on any atom is 0.322 e. The molecule has 0 aliphatic carbocycles. The van der Waals surface area contributed by atoms with E-state index in [1.807, 2.05) is 0 Å². The molecule has 0 fully saturated rings. The first-order chi connectivity index (χ1) is 7.95. The van der Waals surface area contributed by atoms with Gasteiger partial charge in [-0.05, 0) is 13.8 Å². The summed E-state index contributed by atoms with van der Waals surface area (Å²) in [7, 11) is 0. The van der Waals surface area contributed by atoms with Crippen LogP contribution in [0.25, 0.3) is 0 Å². The average Bonchev–Trinajstić information content (AvgIpc) is 2.23. The zero-order valence-corrected chi connectivity index (χ0v) is 9.86. The number of carbonyl (C=O) groups excluding carboxylic acids is 2. The van der Waals surface area contributed by atoms with Crippen molar-refractivity contribution in [1.29, 1.82) is 0 Å². The zero-order valence-electron chi connectivity index (χ0n) is 9.86. The Bertz CT molecular complexity index is 325. The molecule has 17 heavy (non-hydrogen) atoms. The number of carbonyl (C=O) groups is 3. The molecule has 0 unspecified atom stereocenters. The Morgan fingerprint density at radius 3 is 2.53 bits per heavy atom. The zero-order chi connectivity index (χ0) is 13.3. The minimum atomic E-state index is -1.12. The first-order valence-electron chi connectivity index (χ1n) is 5.09. The molecule has 0 spiro atoms. The van der Waals surface area contributed by atoms with Gasteiger partial charge < -0.3 is 15.2 Å². The van der Waals surface area contributed by atoms with Crippen molar-refractivity contribution in [2.24, 2.45) is 4.99 Å². The molecular formula is C10H16N2O5. The van der Waals surface area contributed by atoms with Crippen LogP contribution in [0.3, 0.4) is 0 Å². The molecular weight excluding hydrogens is 228 g/mol. The summed E-state index contributed by atoms with van der Waals surface area (Å²) in [6.45, 7) is 2.96. The van der Waals surface area contributed by atoms with Crippen molar-refractivity contribution < 1.29 is 24.2 Å². The topological polar surface area (TPSA) is 105 Å². The van der Waals surface area contributed by atoms with Crippen LogP contribution >= 0.6 is 0 Å². The fourth-order valence-corrected chi connectivity index (χ4v) is 0.914. The van der Waals surface area contributed by atoms with Gasteiger partial charge in [-0.25, -0.2) is 0 Å². The van der Waals surface area contributed by atoms with Crippen molar-refractivity contribution in [3.8, 4) is 0 Å².